The van der Waals surface area contributed by atoms with E-state index in [2.05, 4.69) is 0 Å². The maximum atomic E-state index is 11.3. The van der Waals surface area contributed by atoms with Gasteiger partial charge < -0.3 is 9.84 Å². The first-order valence-corrected chi connectivity index (χ1v) is 5.11. The summed E-state index contributed by atoms with van der Waals surface area (Å²) < 4.78 is 4.89. The first-order chi connectivity index (χ1) is 8.38. The second kappa shape index (κ2) is 5.31. The second-order valence-corrected chi connectivity index (χ2v) is 3.56. The smallest absolute Gasteiger partial charge is 0.339 e. The van der Waals surface area contributed by atoms with Gasteiger partial charge in [-0.15, -0.1) is 0 Å². The monoisotopic (exact) mass is 251 g/mol. The van der Waals surface area contributed by atoms with Gasteiger partial charge in [0.1, 0.15) is 11.3 Å². The maximum absolute atomic E-state index is 11.3. The molecule has 1 aromatic rings. The maximum Gasteiger partial charge on any atom is 0.339 e. The molecule has 6 heteroatoms. The van der Waals surface area contributed by atoms with Gasteiger partial charge in [0.25, 0.3) is 0 Å². The number of carboxylic acid groups (broad SMARTS) is 1. The van der Waals surface area contributed by atoms with Crippen molar-refractivity contribution < 1.29 is 24.2 Å². The van der Waals surface area contributed by atoms with Crippen LogP contribution < -0.4 is 9.64 Å². The molecule has 0 atom stereocenters. The lowest BCUT2D eigenvalue weighted by atomic mass is 10.1. The molecule has 0 aliphatic carbocycles. The largest absolute Gasteiger partial charge is 0.496 e. The minimum absolute atomic E-state index is 0.109. The van der Waals surface area contributed by atoms with Crippen LogP contribution in [0.2, 0.25) is 0 Å². The van der Waals surface area contributed by atoms with Crippen LogP contribution in [0.15, 0.2) is 18.2 Å². The average Bonchev–Trinajstić information content (AvgIpc) is 2.27. The third-order valence-corrected chi connectivity index (χ3v) is 2.30. The number of benzene rings is 1. The molecule has 0 radical (unpaired) electrons. The van der Waals surface area contributed by atoms with Crippen molar-refractivity contribution in [3.05, 3.63) is 23.8 Å². The zero-order chi connectivity index (χ0) is 13.9. The average molecular weight is 251 g/mol. The van der Waals surface area contributed by atoms with Gasteiger partial charge in [-0.25, -0.2) is 4.79 Å². The molecule has 0 aromatic heterocycles. The number of methoxy groups -OCH3 is 1. The van der Waals surface area contributed by atoms with Gasteiger partial charge in [-0.05, 0) is 18.2 Å². The van der Waals surface area contributed by atoms with Crippen LogP contribution in [0.3, 0.4) is 0 Å². The van der Waals surface area contributed by atoms with Gasteiger partial charge in [-0.3, -0.25) is 14.5 Å². The molecule has 0 saturated heterocycles. The van der Waals surface area contributed by atoms with Crippen molar-refractivity contribution in [3.8, 4) is 5.75 Å². The van der Waals surface area contributed by atoms with E-state index in [1.165, 1.54) is 39.2 Å². The fourth-order valence-corrected chi connectivity index (χ4v) is 1.59. The number of imide groups is 1. The van der Waals surface area contributed by atoms with Crippen molar-refractivity contribution in [1.29, 1.82) is 0 Å². The topological polar surface area (TPSA) is 83.9 Å². The number of hydrogen-bond acceptors (Lipinski definition) is 4. The zero-order valence-electron chi connectivity index (χ0n) is 10.3. The molecule has 0 bridgehead atoms. The van der Waals surface area contributed by atoms with Crippen molar-refractivity contribution in [3.63, 3.8) is 0 Å². The predicted molar refractivity (Wildman–Crippen MR) is 63.8 cm³/mol. The number of carbonyl (C=O) groups is 3. The molecule has 1 aromatic carbocycles. The summed E-state index contributed by atoms with van der Waals surface area (Å²) in [5.41, 5.74) is 0.0932. The summed E-state index contributed by atoms with van der Waals surface area (Å²) in [7, 11) is 1.34. The van der Waals surface area contributed by atoms with Crippen LogP contribution in [0.4, 0.5) is 5.69 Å². The Labute approximate surface area is 104 Å². The molecule has 0 fully saturated rings. The SMILES string of the molecule is COc1ccc(N(C(C)=O)C(C)=O)cc1C(=O)O. The standard InChI is InChI=1S/C12H13NO5/c1-7(14)13(8(2)15)9-4-5-11(18-3)10(6-9)12(16)17/h4-6H,1-3H3,(H,16,17). The minimum atomic E-state index is -1.19. The Morgan fingerprint density at radius 2 is 1.72 bits per heavy atom. The van der Waals surface area contributed by atoms with E-state index >= 15 is 0 Å². The van der Waals surface area contributed by atoms with E-state index in [4.69, 9.17) is 9.84 Å². The van der Waals surface area contributed by atoms with Crippen molar-refractivity contribution >= 4 is 23.5 Å². The van der Waals surface area contributed by atoms with E-state index in [9.17, 15) is 14.4 Å². The number of hydrogen-bond donors (Lipinski definition) is 1. The normalized spacial score (nSPS) is 9.72. The van der Waals surface area contributed by atoms with Gasteiger partial charge in [-0.1, -0.05) is 0 Å². The third kappa shape index (κ3) is 2.65. The third-order valence-electron chi connectivity index (χ3n) is 2.30. The Morgan fingerprint density at radius 3 is 2.11 bits per heavy atom. The quantitative estimate of drug-likeness (QED) is 0.875. The summed E-state index contributed by atoms with van der Waals surface area (Å²) >= 11 is 0. The van der Waals surface area contributed by atoms with Gasteiger partial charge in [0, 0.05) is 13.8 Å². The number of rotatable bonds is 3. The molecule has 0 unspecified atom stereocenters. The van der Waals surface area contributed by atoms with Crippen LogP contribution in [0.25, 0.3) is 0 Å². The minimum Gasteiger partial charge on any atom is -0.496 e. The van der Waals surface area contributed by atoms with Crippen molar-refractivity contribution in [2.45, 2.75) is 13.8 Å². The zero-order valence-corrected chi connectivity index (χ0v) is 10.3. The highest BCUT2D eigenvalue weighted by Crippen LogP contribution is 2.25. The van der Waals surface area contributed by atoms with E-state index < -0.39 is 17.8 Å². The molecule has 18 heavy (non-hydrogen) atoms. The Bertz CT molecular complexity index is 495. The van der Waals surface area contributed by atoms with Crippen LogP contribution >= 0.6 is 0 Å². The van der Waals surface area contributed by atoms with E-state index in [0.29, 0.717) is 0 Å². The molecule has 0 aliphatic rings. The summed E-state index contributed by atoms with van der Waals surface area (Å²) in [5, 5.41) is 9.01. The molecular formula is C12H13NO5. The number of carboxylic acids is 1. The summed E-state index contributed by atoms with van der Waals surface area (Å²) in [6.07, 6.45) is 0. The fraction of sp³-hybridized carbons (Fsp3) is 0.250. The molecule has 6 nitrogen and oxygen atoms in total. The second-order valence-electron chi connectivity index (χ2n) is 3.56. The van der Waals surface area contributed by atoms with E-state index in [-0.39, 0.29) is 17.0 Å². The van der Waals surface area contributed by atoms with Gasteiger partial charge in [0.05, 0.1) is 12.8 Å². The van der Waals surface area contributed by atoms with Gasteiger partial charge in [0.15, 0.2) is 0 Å². The highest BCUT2D eigenvalue weighted by Gasteiger charge is 2.19. The molecule has 1 N–H and O–H groups in total. The number of amides is 2. The van der Waals surface area contributed by atoms with E-state index in [1.54, 1.807) is 0 Å². The molecule has 0 aliphatic heterocycles. The molecule has 1 rings (SSSR count). The van der Waals surface area contributed by atoms with Crippen LogP contribution in [-0.2, 0) is 9.59 Å². The highest BCUT2D eigenvalue weighted by atomic mass is 16.5. The van der Waals surface area contributed by atoms with Crippen LogP contribution in [0, 0.1) is 0 Å². The number of aromatic carboxylic acids is 1. The number of carbonyl (C=O) groups excluding carboxylic acids is 2. The van der Waals surface area contributed by atoms with Crippen molar-refractivity contribution in [2.24, 2.45) is 0 Å². The van der Waals surface area contributed by atoms with E-state index in [1.807, 2.05) is 0 Å². The van der Waals surface area contributed by atoms with Gasteiger partial charge in [-0.2, -0.15) is 0 Å². The van der Waals surface area contributed by atoms with Crippen LogP contribution in [0.5, 0.6) is 5.75 Å². The summed E-state index contributed by atoms with van der Waals surface area (Å²) in [6.45, 7) is 2.46. The Hall–Kier alpha value is -2.37. The number of anilines is 1. The first-order valence-electron chi connectivity index (χ1n) is 5.11. The predicted octanol–water partition coefficient (Wildman–Crippen LogP) is 1.29. The molecular weight excluding hydrogens is 238 g/mol. The van der Waals surface area contributed by atoms with Crippen LogP contribution in [-0.4, -0.2) is 30.0 Å². The Kier molecular flexibility index (Phi) is 4.04. The lowest BCUT2D eigenvalue weighted by Crippen LogP contribution is -2.33. The van der Waals surface area contributed by atoms with Gasteiger partial charge in [0.2, 0.25) is 11.8 Å². The van der Waals surface area contributed by atoms with Crippen molar-refractivity contribution in [1.82, 2.24) is 0 Å². The molecule has 0 heterocycles. The lowest BCUT2D eigenvalue weighted by Gasteiger charge is -2.18. The number of nitrogens with zero attached hydrogens (tertiary/aromatic N) is 1. The highest BCUT2D eigenvalue weighted by molar-refractivity contribution is 6.13. The van der Waals surface area contributed by atoms with Crippen LogP contribution in [0.1, 0.15) is 24.2 Å². The summed E-state index contributed by atoms with van der Waals surface area (Å²) in [6, 6.07) is 4.08. The summed E-state index contributed by atoms with van der Waals surface area (Å²) in [5.74, 6) is -1.99. The number of ether oxygens (including phenoxy) is 1. The molecule has 2 amide bonds. The molecule has 0 saturated carbocycles. The first kappa shape index (κ1) is 13.7. The molecule has 0 spiro atoms. The van der Waals surface area contributed by atoms with Gasteiger partial charge >= 0.3 is 5.97 Å². The van der Waals surface area contributed by atoms with E-state index in [0.717, 1.165) is 4.90 Å². The Morgan fingerprint density at radius 1 is 1.17 bits per heavy atom. The van der Waals surface area contributed by atoms with Crippen molar-refractivity contribution in [2.75, 3.05) is 12.0 Å². The lowest BCUT2D eigenvalue weighted by molar-refractivity contribution is -0.124. The molecule has 96 valence electrons. The summed E-state index contributed by atoms with van der Waals surface area (Å²) in [4.78, 5) is 34.6. The fourth-order valence-electron chi connectivity index (χ4n) is 1.59. The Balaban J connectivity index is 3.34.